The van der Waals surface area contributed by atoms with E-state index < -0.39 is 8.07 Å². The molecule has 16 rings (SSSR count). The fraction of sp³-hybridized carbons (Fsp3) is 0. The van der Waals surface area contributed by atoms with Crippen molar-refractivity contribution in [3.8, 4) is 33.6 Å². The summed E-state index contributed by atoms with van der Waals surface area (Å²) in [6.07, 6.45) is 7.98. The van der Waals surface area contributed by atoms with Crippen molar-refractivity contribution in [3.63, 3.8) is 0 Å². The molecular formula is C69H43N5S2Si. The molecule has 7 heterocycles. The molecule has 0 aliphatic carbocycles. The molecule has 77 heavy (non-hydrogen) atoms. The first-order valence-electron chi connectivity index (χ1n) is 26.0. The van der Waals surface area contributed by atoms with Crippen LogP contribution in [0.3, 0.4) is 0 Å². The van der Waals surface area contributed by atoms with E-state index in [2.05, 4.69) is 257 Å². The number of fused-ring (bicyclic) bond motifs is 12. The average Bonchev–Trinajstić information content (AvgIpc) is 4.48. The van der Waals surface area contributed by atoms with Gasteiger partial charge < -0.3 is 9.13 Å². The van der Waals surface area contributed by atoms with E-state index in [0.29, 0.717) is 0 Å². The summed E-state index contributed by atoms with van der Waals surface area (Å²) in [5.74, 6) is 0. The Kier molecular flexibility index (Phi) is 9.93. The van der Waals surface area contributed by atoms with Gasteiger partial charge in [-0.15, -0.1) is 22.7 Å². The van der Waals surface area contributed by atoms with Crippen LogP contribution in [0.4, 0.5) is 0 Å². The van der Waals surface area contributed by atoms with E-state index in [0.717, 1.165) is 33.0 Å². The lowest BCUT2D eigenvalue weighted by Gasteiger charge is -2.32. The maximum atomic E-state index is 5.59. The van der Waals surface area contributed by atoms with Gasteiger partial charge in [0.1, 0.15) is 0 Å². The lowest BCUT2D eigenvalue weighted by atomic mass is 10.0. The highest BCUT2D eigenvalue weighted by molar-refractivity contribution is 7.33. The SMILES string of the molecule is c1ccc(-n2c3ccccc3c3cc(-c4ccc5sc6c([Si](c7ccccc7)(c7ccccc7)c7nccc8c7sc7ccc(-c9ccc%10c(c9)c9ccncc9n%10-c9ccccc9)cc78)nccc6c5c4)ccc32)cc1. The Morgan fingerprint density at radius 3 is 1.23 bits per heavy atom. The smallest absolute Gasteiger partial charge is 0.227 e. The first kappa shape index (κ1) is 44.0. The molecule has 0 atom stereocenters. The quantitative estimate of drug-likeness (QED) is 0.143. The molecule has 360 valence electrons. The fourth-order valence-corrected chi connectivity index (χ4v) is 20.3. The van der Waals surface area contributed by atoms with Crippen LogP contribution < -0.4 is 21.0 Å². The molecule has 0 spiro atoms. The minimum atomic E-state index is -3.29. The normalized spacial score (nSPS) is 12.2. The predicted octanol–water partition coefficient (Wildman–Crippen LogP) is 15.5. The summed E-state index contributed by atoms with van der Waals surface area (Å²) in [7, 11) is -3.29. The van der Waals surface area contributed by atoms with Gasteiger partial charge in [-0.2, -0.15) is 0 Å². The van der Waals surface area contributed by atoms with Gasteiger partial charge in [0.2, 0.25) is 8.07 Å². The molecule has 7 aromatic heterocycles. The Balaban J connectivity index is 0.878. The second kappa shape index (κ2) is 17.4. The van der Waals surface area contributed by atoms with E-state index in [4.69, 9.17) is 9.97 Å². The molecule has 5 nitrogen and oxygen atoms in total. The molecule has 0 unspecified atom stereocenters. The lowest BCUT2D eigenvalue weighted by molar-refractivity contribution is 1.17. The molecule has 8 heteroatoms. The third kappa shape index (κ3) is 6.66. The summed E-state index contributed by atoms with van der Waals surface area (Å²) >= 11 is 3.72. The maximum Gasteiger partial charge on any atom is 0.227 e. The van der Waals surface area contributed by atoms with E-state index in [1.54, 1.807) is 0 Å². The number of para-hydroxylation sites is 3. The number of pyridine rings is 3. The number of hydrogen-bond donors (Lipinski definition) is 0. The van der Waals surface area contributed by atoms with Gasteiger partial charge in [0.25, 0.3) is 0 Å². The summed E-state index contributed by atoms with van der Waals surface area (Å²) in [6.45, 7) is 0. The van der Waals surface area contributed by atoms with Crippen molar-refractivity contribution < 1.29 is 0 Å². The molecular weight excluding hydrogens is 991 g/mol. The van der Waals surface area contributed by atoms with Gasteiger partial charge in [-0.25, -0.2) is 0 Å². The Labute approximate surface area is 451 Å². The van der Waals surface area contributed by atoms with Crippen LogP contribution in [0.5, 0.6) is 0 Å². The van der Waals surface area contributed by atoms with Crippen molar-refractivity contribution in [1.29, 1.82) is 0 Å². The number of thiophene rings is 2. The summed E-state index contributed by atoms with van der Waals surface area (Å²) in [4.78, 5) is 15.7. The zero-order valence-electron chi connectivity index (χ0n) is 41.4. The molecule has 0 saturated heterocycles. The van der Waals surface area contributed by atoms with Crippen molar-refractivity contribution >= 4 is 136 Å². The van der Waals surface area contributed by atoms with Crippen LogP contribution in [0.2, 0.25) is 0 Å². The van der Waals surface area contributed by atoms with Crippen molar-refractivity contribution in [3.05, 3.63) is 261 Å². The third-order valence-electron chi connectivity index (χ3n) is 15.8. The molecule has 0 fully saturated rings. The third-order valence-corrected chi connectivity index (χ3v) is 23.2. The molecule has 9 aromatic carbocycles. The van der Waals surface area contributed by atoms with Gasteiger partial charge in [0.15, 0.2) is 0 Å². The summed E-state index contributed by atoms with van der Waals surface area (Å²) in [5.41, 5.74) is 11.7. The molecule has 0 bridgehead atoms. The van der Waals surface area contributed by atoms with Crippen LogP contribution in [0.1, 0.15) is 0 Å². The minimum Gasteiger partial charge on any atom is -0.309 e. The Morgan fingerprint density at radius 2 is 0.714 bits per heavy atom. The molecule has 0 amide bonds. The number of aromatic nitrogens is 5. The van der Waals surface area contributed by atoms with Crippen LogP contribution in [-0.4, -0.2) is 32.2 Å². The zero-order chi connectivity index (χ0) is 50.6. The van der Waals surface area contributed by atoms with E-state index in [1.165, 1.54) is 106 Å². The van der Waals surface area contributed by atoms with E-state index in [1.807, 2.05) is 41.3 Å². The number of benzene rings is 9. The standard InChI is InChI=1S/C69H43N5S2Si/c1-5-15-48(16-6-1)73-60-24-14-13-23-52(60)56-39-44(25-29-61(56)73)46-27-31-64-58(41-46)54-34-37-71-68(66(54)75-64)77(50-19-9-3-10-20-50,51-21-11-4-12-22-51)69-67-55(35-38-72-69)59-42-47(28-32-65(59)76-67)45-26-30-62-57(40-45)53-33-36-70-43-63(53)74(62)49-17-7-2-8-18-49/h1-43H. The van der Waals surface area contributed by atoms with Crippen LogP contribution in [0, 0.1) is 0 Å². The molecule has 0 N–H and O–H groups in total. The monoisotopic (exact) mass is 1030 g/mol. The van der Waals surface area contributed by atoms with Gasteiger partial charge in [-0.1, -0.05) is 140 Å². The fourth-order valence-electron chi connectivity index (χ4n) is 12.4. The van der Waals surface area contributed by atoms with Crippen molar-refractivity contribution in [2.24, 2.45) is 0 Å². The van der Waals surface area contributed by atoms with Gasteiger partial charge >= 0.3 is 0 Å². The van der Waals surface area contributed by atoms with Crippen molar-refractivity contribution in [1.82, 2.24) is 24.1 Å². The predicted molar refractivity (Wildman–Crippen MR) is 329 cm³/mol. The highest BCUT2D eigenvalue weighted by atomic mass is 32.1. The van der Waals surface area contributed by atoms with Crippen LogP contribution in [-0.2, 0) is 0 Å². The molecule has 0 saturated carbocycles. The summed E-state index contributed by atoms with van der Waals surface area (Å²) < 4.78 is 9.59. The zero-order valence-corrected chi connectivity index (χ0v) is 44.0. The summed E-state index contributed by atoms with van der Waals surface area (Å²) in [6, 6.07) is 86.8. The number of rotatable bonds is 8. The van der Waals surface area contributed by atoms with E-state index in [9.17, 15) is 0 Å². The largest absolute Gasteiger partial charge is 0.309 e. The second-order valence-corrected chi connectivity index (χ2v) is 25.6. The highest BCUT2D eigenvalue weighted by Gasteiger charge is 2.47. The van der Waals surface area contributed by atoms with Crippen LogP contribution in [0.15, 0.2) is 261 Å². The van der Waals surface area contributed by atoms with Gasteiger partial charge in [-0.3, -0.25) is 15.0 Å². The Hall–Kier alpha value is -9.31. The van der Waals surface area contributed by atoms with E-state index in [-0.39, 0.29) is 0 Å². The van der Waals surface area contributed by atoms with Crippen LogP contribution in [0.25, 0.3) is 118 Å². The summed E-state index contributed by atoms with van der Waals surface area (Å²) in [5, 5.41) is 14.5. The van der Waals surface area contributed by atoms with Gasteiger partial charge in [0, 0.05) is 82.5 Å². The average molecular weight is 1030 g/mol. The Bertz CT molecular complexity index is 4670. The Morgan fingerprint density at radius 1 is 0.312 bits per heavy atom. The molecule has 0 radical (unpaired) electrons. The van der Waals surface area contributed by atoms with Gasteiger partial charge in [0.05, 0.1) is 48.3 Å². The maximum absolute atomic E-state index is 5.59. The number of nitrogens with zero attached hydrogens (tertiary/aromatic N) is 5. The van der Waals surface area contributed by atoms with Crippen LogP contribution >= 0.6 is 22.7 Å². The first-order chi connectivity index (χ1) is 38.2. The minimum absolute atomic E-state index is 1.10. The number of hydrogen-bond acceptors (Lipinski definition) is 5. The topological polar surface area (TPSA) is 48.5 Å². The lowest BCUT2D eigenvalue weighted by Crippen LogP contribution is -2.76. The second-order valence-electron chi connectivity index (χ2n) is 19.9. The molecule has 0 aliphatic heterocycles. The highest BCUT2D eigenvalue weighted by Crippen LogP contribution is 2.42. The van der Waals surface area contributed by atoms with Crippen molar-refractivity contribution in [2.75, 3.05) is 0 Å². The first-order valence-corrected chi connectivity index (χ1v) is 29.6. The van der Waals surface area contributed by atoms with E-state index >= 15 is 0 Å². The molecule has 0 aliphatic rings. The van der Waals surface area contributed by atoms with Crippen molar-refractivity contribution in [2.45, 2.75) is 0 Å². The van der Waals surface area contributed by atoms with Gasteiger partial charge in [-0.05, 0) is 130 Å². The molecule has 16 aromatic rings.